The van der Waals surface area contributed by atoms with E-state index in [0.717, 1.165) is 38.5 Å². The van der Waals surface area contributed by atoms with Gasteiger partial charge in [0.1, 0.15) is 5.92 Å². The van der Waals surface area contributed by atoms with Gasteiger partial charge in [0.05, 0.1) is 60.3 Å². The molecule has 2 saturated carbocycles. The van der Waals surface area contributed by atoms with Gasteiger partial charge >= 0.3 is 68.4 Å². The van der Waals surface area contributed by atoms with Crippen LogP contribution in [0.15, 0.2) is 72.2 Å². The van der Waals surface area contributed by atoms with Crippen molar-refractivity contribution in [2.45, 2.75) is 217 Å². The van der Waals surface area contributed by atoms with Crippen LogP contribution in [-0.4, -0.2) is 135 Å². The summed E-state index contributed by atoms with van der Waals surface area (Å²) in [6.07, 6.45) is 5.62. The van der Waals surface area contributed by atoms with Gasteiger partial charge in [0.2, 0.25) is 35.1 Å². The molecule has 93 heavy (non-hydrogen) atoms. The molecule has 2 spiro atoms. The molecule has 2 saturated heterocycles. The van der Waals surface area contributed by atoms with Gasteiger partial charge in [-0.2, -0.15) is 0 Å². The Morgan fingerprint density at radius 1 is 0.613 bits per heavy atom. The first kappa shape index (κ1) is 85.6. The Bertz CT molecular complexity index is 3030. The third kappa shape index (κ3) is 20.8. The molecule has 2 aromatic rings. The molecule has 0 radical (unpaired) electrons. The molecule has 2 N–H and O–H groups in total. The Labute approximate surface area is 630 Å². The quantitative estimate of drug-likeness (QED) is 0.0445. The van der Waals surface area contributed by atoms with Crippen LogP contribution in [0.5, 0.6) is 0 Å². The number of ether oxygens (including phenoxy) is 5. The number of halogens is 7. The average molecular weight is 2070 g/mol. The van der Waals surface area contributed by atoms with Crippen molar-refractivity contribution in [2.75, 3.05) is 14.2 Å². The van der Waals surface area contributed by atoms with E-state index in [1.54, 1.807) is 68.4 Å². The summed E-state index contributed by atoms with van der Waals surface area (Å²) in [5, 5.41) is 5.54. The van der Waals surface area contributed by atoms with E-state index in [9.17, 15) is 43.2 Å². The minimum absolute atomic E-state index is 0. The van der Waals surface area contributed by atoms with Gasteiger partial charge in [-0.15, -0.1) is 24.0 Å². The number of nitrogens with one attached hydrogen (secondary N) is 2. The van der Waals surface area contributed by atoms with Crippen LogP contribution < -0.4 is 23.9 Å². The Kier molecular flexibility index (Phi) is 34.2. The first-order valence-corrected chi connectivity index (χ1v) is 56.2. The van der Waals surface area contributed by atoms with Crippen LogP contribution in [0.25, 0.3) is 11.1 Å². The number of alkyl halides is 1. The zero-order chi connectivity index (χ0) is 69.6. The van der Waals surface area contributed by atoms with Crippen LogP contribution in [0.2, 0.25) is 36.3 Å². The SMILES string of the molecule is CC(=O)O[C@H]1NC(=O)[C@@H]1[C@@H](C)O[Si](C)(C)C(C)(C)C.COC(=O)C1=C(c2ccccc2)C(=O)N(C(=O)C(C)Br)C2(CCCCC2)O1.COC(=O)C1=C(c2ccccc2)C(=O)N(C(=O)[C@H](C)[C@H]2NC(=O)[C@@H]2[C@@H](C)O[Si](C)(C)C(C)(C)C)C2(CCCCC2)O1.I.II.I[I-]I. The van der Waals surface area contributed by atoms with Gasteiger partial charge in [0, 0.05) is 69.8 Å². The van der Waals surface area contributed by atoms with E-state index in [0.29, 0.717) is 50.1 Å². The molecule has 29 heteroatoms. The molecule has 4 heterocycles. The second kappa shape index (κ2) is 37.2. The molecule has 2 aliphatic carbocycles. The van der Waals surface area contributed by atoms with Crippen LogP contribution in [-0.2, 0) is 75.7 Å². The maximum atomic E-state index is 14.4. The number of amides is 6. The fourth-order valence-corrected chi connectivity index (χ4v) is 14.5. The fraction of sp³-hybridized carbons (Fsp3) is 0.609. The van der Waals surface area contributed by atoms with Crippen LogP contribution in [0, 0.1) is 17.8 Å². The molecule has 522 valence electrons. The number of carbonyl (C=O) groups is 9. The average Bonchev–Trinajstić information content (AvgIpc) is 0.741. The third-order valence-electron chi connectivity index (χ3n) is 18.3. The predicted octanol–water partition coefficient (Wildman–Crippen LogP) is 11.4. The van der Waals surface area contributed by atoms with Crippen LogP contribution in [0.4, 0.5) is 0 Å². The summed E-state index contributed by atoms with van der Waals surface area (Å²) in [6, 6.07) is 16.9. The fourth-order valence-electron chi connectivity index (χ4n) is 11.4. The van der Waals surface area contributed by atoms with E-state index in [1.165, 1.54) is 30.9 Å². The van der Waals surface area contributed by atoms with E-state index in [-0.39, 0.29) is 80.5 Å². The minimum atomic E-state index is -2.18. The number of carbonyl (C=O) groups excluding carboxylic acids is 9. The molecule has 4 fully saturated rings. The summed E-state index contributed by atoms with van der Waals surface area (Å²) in [4.78, 5) is 118. The summed E-state index contributed by atoms with van der Waals surface area (Å²) in [6.45, 7) is 29.9. The first-order valence-electron chi connectivity index (χ1n) is 30.6. The van der Waals surface area contributed by atoms with Gasteiger partial charge in [0.25, 0.3) is 11.8 Å². The molecule has 8 rings (SSSR count). The van der Waals surface area contributed by atoms with Crippen molar-refractivity contribution in [1.82, 2.24) is 20.4 Å². The Morgan fingerprint density at radius 2 is 0.957 bits per heavy atom. The Balaban J connectivity index is 0.000000374. The molecule has 8 atom stereocenters. The molecule has 6 amide bonds. The number of nitrogens with zero attached hydrogens (tertiary/aromatic N) is 2. The Hall–Kier alpha value is -1.64. The van der Waals surface area contributed by atoms with Crippen molar-refractivity contribution in [2.24, 2.45) is 17.8 Å². The van der Waals surface area contributed by atoms with Crippen molar-refractivity contribution in [3.63, 3.8) is 0 Å². The third-order valence-corrected chi connectivity index (χ3v) is 27.9. The zero-order valence-corrected chi connectivity index (χ0v) is 72.8. The van der Waals surface area contributed by atoms with Gasteiger partial charge in [-0.3, -0.25) is 33.6 Å². The van der Waals surface area contributed by atoms with E-state index in [2.05, 4.69) is 169 Å². The number of β-lactam (4-membered cyclic amide) rings is 2. The van der Waals surface area contributed by atoms with Crippen molar-refractivity contribution in [3.8, 4) is 0 Å². The summed E-state index contributed by atoms with van der Waals surface area (Å²) in [5.74, 6) is -6.03. The standard InChI is InChI=1S/C31H44N2O7Si.C20H22BrNO5.C13H25NO4Si.I3.I2.HI/c1-19(24-22(26(34)32-24)20(2)40-41(7,8)30(3,4)5)27(35)33-28(36)23(21-15-11-9-12-16-21)25(29(37)38-6)39-31(33)17-13-10-14-18-31;1-13(21)17(23)22-18(24)15(14-9-5-3-6-10-14)16(19(25)26-2)27-20(22)11-7-4-8-12-20;1-8(18-19(6,7)13(3,4)5)10-11(16)14-12(10)17-9(2)15;1-3-2;1-2;/h9,11-12,15-16,19-20,22,24H,10,13-14,17-18H2,1-8H3,(H,32,34);3,5-6,9-10,13H,4,7-8,11-12H2,1-2H3;8,10,12H,1-7H3,(H,14,16);;;1H/q;;;-1;;/t19-,20-,22-,24-;;8-,10+,12-;;;/m1.1.../s1. The summed E-state index contributed by atoms with van der Waals surface area (Å²) >= 11 is 12.8. The summed E-state index contributed by atoms with van der Waals surface area (Å²) in [7, 11) is -1.62. The second-order valence-corrected chi connectivity index (χ2v) is 53.7. The maximum absolute atomic E-state index is 14.4. The molecular formula is C64H92BrI6N4O16Si2-. The van der Waals surface area contributed by atoms with Crippen molar-refractivity contribution >= 4 is 196 Å². The monoisotopic (exact) mass is 2070 g/mol. The van der Waals surface area contributed by atoms with Gasteiger partial charge < -0.3 is 43.2 Å². The second-order valence-electron chi connectivity index (χ2n) is 26.5. The van der Waals surface area contributed by atoms with Gasteiger partial charge in [-0.25, -0.2) is 19.4 Å². The summed E-state index contributed by atoms with van der Waals surface area (Å²) in [5.41, 5.74) is -1.42. The number of hydrogen-bond acceptors (Lipinski definition) is 16. The number of hydrogen-bond donors (Lipinski definition) is 2. The number of methoxy groups -OCH3 is 2. The van der Waals surface area contributed by atoms with Crippen molar-refractivity contribution < 1.29 is 88.9 Å². The molecule has 2 aromatic carbocycles. The van der Waals surface area contributed by atoms with Gasteiger partial charge in [-0.05, 0) is 93.8 Å². The van der Waals surface area contributed by atoms with E-state index in [1.807, 2.05) is 19.9 Å². The van der Waals surface area contributed by atoms with Crippen molar-refractivity contribution in [3.05, 3.63) is 83.3 Å². The molecule has 0 bridgehead atoms. The number of benzene rings is 2. The molecule has 20 nitrogen and oxygen atoms in total. The number of imide groups is 2. The number of esters is 3. The van der Waals surface area contributed by atoms with Crippen LogP contribution in [0.3, 0.4) is 0 Å². The Morgan fingerprint density at radius 3 is 1.27 bits per heavy atom. The molecular weight excluding hydrogens is 1980 g/mol. The number of rotatable bonds is 14. The van der Waals surface area contributed by atoms with Crippen LogP contribution in [0.1, 0.15) is 151 Å². The molecule has 0 aromatic heterocycles. The van der Waals surface area contributed by atoms with E-state index >= 15 is 0 Å². The topological polar surface area (TPSA) is 249 Å². The van der Waals surface area contributed by atoms with Crippen LogP contribution >= 0.6 is 114 Å². The molecule has 1 unspecified atom stereocenters. The zero-order valence-electron chi connectivity index (χ0n) is 56.1. The van der Waals surface area contributed by atoms with E-state index < -0.39 is 105 Å². The summed E-state index contributed by atoms with van der Waals surface area (Å²) < 4.78 is 40.2. The van der Waals surface area contributed by atoms with Gasteiger partial charge in [-0.1, -0.05) is 138 Å². The van der Waals surface area contributed by atoms with Crippen molar-refractivity contribution in [1.29, 1.82) is 0 Å². The molecule has 4 aliphatic heterocycles. The first-order chi connectivity index (χ1) is 42.9. The predicted molar refractivity (Wildman–Crippen MR) is 405 cm³/mol. The molecule has 6 aliphatic rings. The normalized spacial score (nSPS) is 22.0. The van der Waals surface area contributed by atoms with Gasteiger partial charge in [0.15, 0.2) is 34.3 Å². The van der Waals surface area contributed by atoms with E-state index in [4.69, 9.17) is 32.5 Å².